The van der Waals surface area contributed by atoms with Crippen molar-refractivity contribution in [3.63, 3.8) is 0 Å². The smallest absolute Gasteiger partial charge is 0.0723 e. The maximum atomic E-state index is 9.90. The molecule has 116 valence electrons. The van der Waals surface area contributed by atoms with Crippen LogP contribution in [0.2, 0.25) is 0 Å². The summed E-state index contributed by atoms with van der Waals surface area (Å²) >= 11 is 0. The van der Waals surface area contributed by atoms with Crippen molar-refractivity contribution in [3.05, 3.63) is 71.8 Å². The lowest BCUT2D eigenvalue weighted by atomic mass is 10.0. The molecule has 1 aliphatic heterocycles. The van der Waals surface area contributed by atoms with Gasteiger partial charge in [0.25, 0.3) is 0 Å². The van der Waals surface area contributed by atoms with E-state index in [4.69, 9.17) is 0 Å². The lowest BCUT2D eigenvalue weighted by Gasteiger charge is -2.38. The van der Waals surface area contributed by atoms with E-state index in [0.29, 0.717) is 6.04 Å². The second-order valence-corrected chi connectivity index (χ2v) is 5.91. The van der Waals surface area contributed by atoms with Crippen LogP contribution in [0, 0.1) is 0 Å². The Labute approximate surface area is 132 Å². The summed E-state index contributed by atoms with van der Waals surface area (Å²) in [5.41, 5.74) is 2.52. The maximum Gasteiger partial charge on any atom is 0.0723 e. The Morgan fingerprint density at radius 3 is 2.36 bits per heavy atom. The predicted octanol–water partition coefficient (Wildman–Crippen LogP) is 3.40. The Morgan fingerprint density at radius 2 is 1.73 bits per heavy atom. The molecule has 0 radical (unpaired) electrons. The molecule has 0 aliphatic carbocycles. The Balaban J connectivity index is 1.82. The zero-order chi connectivity index (χ0) is 15.4. The molecule has 1 fully saturated rings. The fraction of sp³-hybridized carbons (Fsp3) is 0.368. The molecule has 1 heterocycles. The van der Waals surface area contributed by atoms with Crippen LogP contribution in [-0.4, -0.2) is 35.3 Å². The van der Waals surface area contributed by atoms with Gasteiger partial charge in [0.05, 0.1) is 12.6 Å². The van der Waals surface area contributed by atoms with Gasteiger partial charge in [0.1, 0.15) is 0 Å². The second-order valence-electron chi connectivity index (χ2n) is 5.91. The van der Waals surface area contributed by atoms with Crippen LogP contribution in [0.1, 0.15) is 36.1 Å². The summed E-state index contributed by atoms with van der Waals surface area (Å²) in [5.74, 6) is 0. The zero-order valence-electron chi connectivity index (χ0n) is 13.1. The summed E-state index contributed by atoms with van der Waals surface area (Å²) in [6, 6.07) is 21.3. The largest absolute Gasteiger partial charge is 0.394 e. The SMILES string of the molecule is CN([C@@H](CO)c1ccccc1)N1CCC[C@H]1c1ccccc1. The third-order valence-corrected chi connectivity index (χ3v) is 4.62. The van der Waals surface area contributed by atoms with Gasteiger partial charge in [-0.05, 0) is 24.0 Å². The van der Waals surface area contributed by atoms with E-state index in [1.165, 1.54) is 18.4 Å². The molecule has 3 rings (SSSR count). The molecule has 0 aromatic heterocycles. The molecule has 0 spiro atoms. The molecule has 22 heavy (non-hydrogen) atoms. The third kappa shape index (κ3) is 3.07. The molecule has 0 bridgehead atoms. The van der Waals surface area contributed by atoms with Gasteiger partial charge < -0.3 is 5.11 Å². The van der Waals surface area contributed by atoms with E-state index >= 15 is 0 Å². The van der Waals surface area contributed by atoms with Gasteiger partial charge in [0.15, 0.2) is 0 Å². The van der Waals surface area contributed by atoms with Gasteiger partial charge >= 0.3 is 0 Å². The summed E-state index contributed by atoms with van der Waals surface area (Å²) in [6.45, 7) is 1.16. The number of hydrogen-bond acceptors (Lipinski definition) is 3. The molecule has 1 N–H and O–H groups in total. The second kappa shape index (κ2) is 7.05. The average Bonchev–Trinajstić information content (AvgIpc) is 3.07. The van der Waals surface area contributed by atoms with E-state index in [1.54, 1.807) is 0 Å². The van der Waals surface area contributed by atoms with Gasteiger partial charge in [-0.2, -0.15) is 0 Å². The summed E-state index contributed by atoms with van der Waals surface area (Å²) in [6.07, 6.45) is 2.36. The first-order chi connectivity index (χ1) is 10.8. The molecule has 1 aliphatic rings. The van der Waals surface area contributed by atoms with Crippen molar-refractivity contribution in [3.8, 4) is 0 Å². The number of hydrogen-bond donors (Lipinski definition) is 1. The minimum Gasteiger partial charge on any atom is -0.394 e. The van der Waals surface area contributed by atoms with Gasteiger partial charge in [-0.15, -0.1) is 0 Å². The van der Waals surface area contributed by atoms with Crippen molar-refractivity contribution in [1.82, 2.24) is 10.0 Å². The predicted molar refractivity (Wildman–Crippen MR) is 89.2 cm³/mol. The van der Waals surface area contributed by atoms with Crippen LogP contribution in [0.5, 0.6) is 0 Å². The average molecular weight is 296 g/mol. The summed E-state index contributed by atoms with van der Waals surface area (Å²) < 4.78 is 0. The van der Waals surface area contributed by atoms with Crippen LogP contribution in [0.25, 0.3) is 0 Å². The minimum atomic E-state index is 0.00510. The Kier molecular flexibility index (Phi) is 4.88. The van der Waals surface area contributed by atoms with Crippen LogP contribution < -0.4 is 0 Å². The van der Waals surface area contributed by atoms with Gasteiger partial charge in [-0.3, -0.25) is 0 Å². The summed E-state index contributed by atoms with van der Waals surface area (Å²) in [7, 11) is 2.09. The van der Waals surface area contributed by atoms with Crippen molar-refractivity contribution in [2.75, 3.05) is 20.2 Å². The molecule has 2 aromatic carbocycles. The highest BCUT2D eigenvalue weighted by Gasteiger charge is 2.32. The standard InChI is InChI=1S/C19H24N2O/c1-20(19(15-22)17-11-6-3-7-12-17)21-14-8-13-18(21)16-9-4-2-5-10-16/h2-7,9-12,18-19,22H,8,13-15H2,1H3/t18-,19-/m0/s1. The molecule has 0 saturated carbocycles. The molecule has 3 nitrogen and oxygen atoms in total. The van der Waals surface area contributed by atoms with E-state index < -0.39 is 0 Å². The van der Waals surface area contributed by atoms with Gasteiger partial charge in [-0.1, -0.05) is 60.7 Å². The normalized spacial score (nSPS) is 20.4. The van der Waals surface area contributed by atoms with Gasteiger partial charge in [-0.25, -0.2) is 10.0 Å². The summed E-state index contributed by atoms with van der Waals surface area (Å²) in [4.78, 5) is 0. The Bertz CT molecular complexity index is 573. The van der Waals surface area contributed by atoms with E-state index in [1.807, 2.05) is 18.2 Å². The first-order valence-corrected chi connectivity index (χ1v) is 8.01. The van der Waals surface area contributed by atoms with Crippen LogP contribution >= 0.6 is 0 Å². The monoisotopic (exact) mass is 296 g/mol. The molecule has 2 atom stereocenters. The molecule has 0 unspecified atom stereocenters. The lowest BCUT2D eigenvalue weighted by Crippen LogP contribution is -2.43. The van der Waals surface area contributed by atoms with Crippen LogP contribution in [-0.2, 0) is 0 Å². The highest BCUT2D eigenvalue weighted by atomic mass is 16.3. The first-order valence-electron chi connectivity index (χ1n) is 8.01. The number of nitrogens with zero attached hydrogens (tertiary/aromatic N) is 2. The fourth-order valence-corrected chi connectivity index (χ4v) is 3.44. The molecule has 1 saturated heterocycles. The molecular weight excluding hydrogens is 272 g/mol. The molecule has 0 amide bonds. The van der Waals surface area contributed by atoms with Crippen LogP contribution in [0.4, 0.5) is 0 Å². The van der Waals surface area contributed by atoms with Gasteiger partial charge in [0.2, 0.25) is 0 Å². The molecule has 3 heteroatoms. The van der Waals surface area contributed by atoms with Crippen LogP contribution in [0.3, 0.4) is 0 Å². The zero-order valence-corrected chi connectivity index (χ0v) is 13.1. The van der Waals surface area contributed by atoms with Crippen molar-refractivity contribution < 1.29 is 5.11 Å². The minimum absolute atomic E-state index is 0.00510. The third-order valence-electron chi connectivity index (χ3n) is 4.62. The van der Waals surface area contributed by atoms with Crippen molar-refractivity contribution in [2.45, 2.75) is 24.9 Å². The number of hydrazine groups is 1. The topological polar surface area (TPSA) is 26.7 Å². The quantitative estimate of drug-likeness (QED) is 0.916. The van der Waals surface area contributed by atoms with Crippen LogP contribution in [0.15, 0.2) is 60.7 Å². The number of likely N-dealkylation sites (N-methyl/N-ethyl adjacent to an activating group) is 1. The summed E-state index contributed by atoms with van der Waals surface area (Å²) in [5, 5.41) is 14.5. The molecule has 2 aromatic rings. The van der Waals surface area contributed by atoms with Crippen molar-refractivity contribution in [2.24, 2.45) is 0 Å². The molecular formula is C19H24N2O. The van der Waals surface area contributed by atoms with E-state index in [-0.39, 0.29) is 12.6 Å². The maximum absolute atomic E-state index is 9.90. The van der Waals surface area contributed by atoms with Crippen molar-refractivity contribution >= 4 is 0 Å². The highest BCUT2D eigenvalue weighted by Crippen LogP contribution is 2.35. The van der Waals surface area contributed by atoms with Gasteiger partial charge in [0, 0.05) is 19.6 Å². The first kappa shape index (κ1) is 15.2. The number of rotatable bonds is 5. The Hall–Kier alpha value is -1.68. The van der Waals surface area contributed by atoms with Crippen molar-refractivity contribution in [1.29, 1.82) is 0 Å². The number of aliphatic hydroxyl groups excluding tert-OH is 1. The highest BCUT2D eigenvalue weighted by molar-refractivity contribution is 5.21. The van der Waals surface area contributed by atoms with E-state index in [2.05, 4.69) is 59.5 Å². The van der Waals surface area contributed by atoms with E-state index in [0.717, 1.165) is 12.1 Å². The van der Waals surface area contributed by atoms with E-state index in [9.17, 15) is 5.11 Å². The fourth-order valence-electron chi connectivity index (χ4n) is 3.44. The Morgan fingerprint density at radius 1 is 1.09 bits per heavy atom. The number of benzene rings is 2. The lowest BCUT2D eigenvalue weighted by molar-refractivity contribution is -0.0657. The number of aliphatic hydroxyl groups is 1.